The maximum atomic E-state index is 13.8. The lowest BCUT2D eigenvalue weighted by Crippen LogP contribution is -2.46. The van der Waals surface area contributed by atoms with Gasteiger partial charge in [0.25, 0.3) is 0 Å². The largest absolute Gasteiger partial charge is 0.385 e. The first kappa shape index (κ1) is 11.2. The molecule has 17 heavy (non-hydrogen) atoms. The van der Waals surface area contributed by atoms with Gasteiger partial charge in [-0.3, -0.25) is 0 Å². The summed E-state index contributed by atoms with van der Waals surface area (Å²) in [5.41, 5.74) is -0.483. The van der Waals surface area contributed by atoms with Crippen molar-refractivity contribution in [2.45, 2.75) is 37.3 Å². The normalized spacial score (nSPS) is 33.6. The second kappa shape index (κ2) is 4.07. The Morgan fingerprint density at radius 1 is 1.29 bits per heavy atom. The zero-order valence-electron chi connectivity index (χ0n) is 9.90. The van der Waals surface area contributed by atoms with E-state index in [-0.39, 0.29) is 5.82 Å². The molecular formula is C14H18FNO. The zero-order valence-corrected chi connectivity index (χ0v) is 9.90. The van der Waals surface area contributed by atoms with Crippen molar-refractivity contribution in [3.05, 3.63) is 35.6 Å². The minimum Gasteiger partial charge on any atom is -0.385 e. The molecule has 1 aromatic rings. The molecule has 2 heterocycles. The summed E-state index contributed by atoms with van der Waals surface area (Å²) in [4.78, 5) is 2.43. The smallest absolute Gasteiger partial charge is 0.129 e. The number of hydrogen-bond donors (Lipinski definition) is 1. The first-order chi connectivity index (χ1) is 8.19. The maximum Gasteiger partial charge on any atom is 0.129 e. The van der Waals surface area contributed by atoms with Crippen LogP contribution in [0.5, 0.6) is 0 Å². The van der Waals surface area contributed by atoms with Crippen molar-refractivity contribution in [2.24, 2.45) is 0 Å². The Morgan fingerprint density at radius 2 is 2.12 bits per heavy atom. The highest BCUT2D eigenvalue weighted by molar-refractivity contribution is 5.25. The summed E-state index contributed by atoms with van der Waals surface area (Å²) in [7, 11) is 0. The van der Waals surface area contributed by atoms with E-state index in [1.165, 1.54) is 12.5 Å². The van der Waals surface area contributed by atoms with Crippen LogP contribution in [0.3, 0.4) is 0 Å². The number of hydrogen-bond acceptors (Lipinski definition) is 2. The Kier molecular flexibility index (Phi) is 2.68. The highest BCUT2D eigenvalue weighted by atomic mass is 19.1. The number of rotatable bonds is 1. The SMILES string of the molecule is OC1(c2ccccc2F)CCN2CCCC2C1. The summed E-state index contributed by atoms with van der Waals surface area (Å²) in [6, 6.07) is 7.08. The fraction of sp³-hybridized carbons (Fsp3) is 0.571. The quantitative estimate of drug-likeness (QED) is 0.807. The van der Waals surface area contributed by atoms with E-state index in [1.807, 2.05) is 0 Å². The lowest BCUT2D eigenvalue weighted by molar-refractivity contribution is -0.0432. The molecule has 0 radical (unpaired) electrons. The van der Waals surface area contributed by atoms with Gasteiger partial charge in [0.2, 0.25) is 0 Å². The maximum absolute atomic E-state index is 13.8. The van der Waals surface area contributed by atoms with E-state index < -0.39 is 5.60 Å². The molecule has 2 aliphatic heterocycles. The highest BCUT2D eigenvalue weighted by Gasteiger charge is 2.42. The zero-order chi connectivity index (χ0) is 11.9. The van der Waals surface area contributed by atoms with Crippen LogP contribution in [0.4, 0.5) is 4.39 Å². The molecule has 2 nitrogen and oxygen atoms in total. The number of fused-ring (bicyclic) bond motifs is 1. The molecule has 0 spiro atoms. The van der Waals surface area contributed by atoms with Gasteiger partial charge in [0.15, 0.2) is 0 Å². The molecule has 1 N–H and O–H groups in total. The van der Waals surface area contributed by atoms with Crippen LogP contribution in [0.25, 0.3) is 0 Å². The van der Waals surface area contributed by atoms with Crippen LogP contribution in [0.1, 0.15) is 31.2 Å². The highest BCUT2D eigenvalue weighted by Crippen LogP contribution is 2.40. The van der Waals surface area contributed by atoms with Gasteiger partial charge in [0.05, 0.1) is 5.60 Å². The van der Waals surface area contributed by atoms with E-state index >= 15 is 0 Å². The molecule has 0 aliphatic carbocycles. The monoisotopic (exact) mass is 235 g/mol. The summed E-state index contributed by atoms with van der Waals surface area (Å²) in [5.74, 6) is -0.276. The van der Waals surface area contributed by atoms with E-state index in [0.29, 0.717) is 24.4 Å². The average molecular weight is 235 g/mol. The number of nitrogens with zero attached hydrogens (tertiary/aromatic N) is 1. The van der Waals surface area contributed by atoms with Gasteiger partial charge < -0.3 is 10.0 Å². The van der Waals surface area contributed by atoms with Crippen molar-refractivity contribution in [3.8, 4) is 0 Å². The van der Waals surface area contributed by atoms with Crippen LogP contribution in [0.15, 0.2) is 24.3 Å². The van der Waals surface area contributed by atoms with Gasteiger partial charge >= 0.3 is 0 Å². The van der Waals surface area contributed by atoms with Gasteiger partial charge in [0.1, 0.15) is 5.82 Å². The van der Waals surface area contributed by atoms with Gasteiger partial charge in [-0.1, -0.05) is 18.2 Å². The third-order valence-electron chi connectivity index (χ3n) is 4.26. The molecule has 2 fully saturated rings. The molecule has 0 saturated carbocycles. The van der Waals surface area contributed by atoms with Crippen molar-refractivity contribution < 1.29 is 9.50 Å². The van der Waals surface area contributed by atoms with Crippen LogP contribution in [-0.2, 0) is 5.60 Å². The molecular weight excluding hydrogens is 217 g/mol. The van der Waals surface area contributed by atoms with E-state index in [4.69, 9.17) is 0 Å². The molecule has 0 aromatic heterocycles. The van der Waals surface area contributed by atoms with Crippen LogP contribution in [0.2, 0.25) is 0 Å². The number of benzene rings is 1. The molecule has 0 bridgehead atoms. The summed E-state index contributed by atoms with van der Waals surface area (Å²) >= 11 is 0. The minimum atomic E-state index is -0.961. The second-order valence-corrected chi connectivity index (χ2v) is 5.30. The van der Waals surface area contributed by atoms with E-state index in [2.05, 4.69) is 4.90 Å². The number of piperidine rings is 1. The van der Waals surface area contributed by atoms with Gasteiger partial charge in [-0.25, -0.2) is 4.39 Å². The molecule has 0 amide bonds. The van der Waals surface area contributed by atoms with Gasteiger partial charge in [-0.15, -0.1) is 0 Å². The van der Waals surface area contributed by atoms with Crippen molar-refractivity contribution in [1.82, 2.24) is 4.90 Å². The van der Waals surface area contributed by atoms with E-state index in [1.54, 1.807) is 18.2 Å². The topological polar surface area (TPSA) is 23.5 Å². The Bertz CT molecular complexity index is 422. The Hall–Kier alpha value is -0.930. The van der Waals surface area contributed by atoms with E-state index in [0.717, 1.165) is 19.5 Å². The second-order valence-electron chi connectivity index (χ2n) is 5.30. The van der Waals surface area contributed by atoms with Crippen molar-refractivity contribution >= 4 is 0 Å². The first-order valence-corrected chi connectivity index (χ1v) is 6.40. The average Bonchev–Trinajstić information content (AvgIpc) is 2.76. The van der Waals surface area contributed by atoms with Crippen LogP contribution < -0.4 is 0 Å². The van der Waals surface area contributed by atoms with Gasteiger partial charge in [-0.2, -0.15) is 0 Å². The number of halogens is 1. The third kappa shape index (κ3) is 1.87. The minimum absolute atomic E-state index is 0.276. The standard InChI is InChI=1S/C14H18FNO/c15-13-6-2-1-5-12(13)14(17)7-9-16-8-3-4-11(16)10-14/h1-2,5-6,11,17H,3-4,7-10H2. The number of aliphatic hydroxyl groups is 1. The molecule has 2 unspecified atom stereocenters. The molecule has 2 aliphatic rings. The molecule has 1 aromatic carbocycles. The van der Waals surface area contributed by atoms with Crippen molar-refractivity contribution in [1.29, 1.82) is 0 Å². The molecule has 3 rings (SSSR count). The first-order valence-electron chi connectivity index (χ1n) is 6.40. The lowest BCUT2D eigenvalue weighted by atomic mass is 9.81. The van der Waals surface area contributed by atoms with Crippen LogP contribution in [0, 0.1) is 5.82 Å². The van der Waals surface area contributed by atoms with Crippen LogP contribution >= 0.6 is 0 Å². The Labute approximate surface area is 101 Å². The fourth-order valence-corrected chi connectivity index (χ4v) is 3.32. The predicted molar refractivity (Wildman–Crippen MR) is 64.1 cm³/mol. The Balaban J connectivity index is 1.89. The molecule has 92 valence electrons. The summed E-state index contributed by atoms with van der Waals surface area (Å²) in [6.45, 7) is 2.02. The van der Waals surface area contributed by atoms with Crippen LogP contribution in [-0.4, -0.2) is 29.1 Å². The summed E-state index contributed by atoms with van der Waals surface area (Å²) in [5, 5.41) is 10.7. The predicted octanol–water partition coefficient (Wildman–Crippen LogP) is 2.27. The molecule has 2 atom stereocenters. The van der Waals surface area contributed by atoms with E-state index in [9.17, 15) is 9.50 Å². The molecule has 3 heteroatoms. The lowest BCUT2D eigenvalue weighted by Gasteiger charge is -2.41. The third-order valence-corrected chi connectivity index (χ3v) is 4.26. The van der Waals surface area contributed by atoms with Gasteiger partial charge in [0, 0.05) is 18.2 Å². The Morgan fingerprint density at radius 3 is 2.94 bits per heavy atom. The van der Waals surface area contributed by atoms with Gasteiger partial charge in [-0.05, 0) is 38.3 Å². The fourth-order valence-electron chi connectivity index (χ4n) is 3.32. The van der Waals surface area contributed by atoms with Crippen molar-refractivity contribution in [3.63, 3.8) is 0 Å². The van der Waals surface area contributed by atoms with Crippen molar-refractivity contribution in [2.75, 3.05) is 13.1 Å². The summed E-state index contributed by atoms with van der Waals surface area (Å²) in [6.07, 6.45) is 3.66. The molecule has 2 saturated heterocycles. The summed E-state index contributed by atoms with van der Waals surface area (Å²) < 4.78 is 13.8.